The van der Waals surface area contributed by atoms with Crippen molar-refractivity contribution in [2.24, 2.45) is 0 Å². The lowest BCUT2D eigenvalue weighted by Gasteiger charge is -2.34. The van der Waals surface area contributed by atoms with Gasteiger partial charge in [0.05, 0.1) is 6.61 Å². The molecule has 144 valence electrons. The van der Waals surface area contributed by atoms with Gasteiger partial charge in [0.25, 0.3) is 0 Å². The predicted molar refractivity (Wildman–Crippen MR) is 93.3 cm³/mol. The third-order valence-electron chi connectivity index (χ3n) is 3.62. The summed E-state index contributed by atoms with van der Waals surface area (Å²) in [4.78, 5) is 38.9. The van der Waals surface area contributed by atoms with Crippen LogP contribution in [0.1, 0.15) is 47.0 Å². The topological polar surface area (TPSA) is 88.2 Å². The molecule has 0 aromatic rings. The van der Waals surface area contributed by atoms with E-state index in [9.17, 15) is 14.4 Å². The highest BCUT2D eigenvalue weighted by molar-refractivity contribution is 5.77. The van der Waals surface area contributed by atoms with Crippen LogP contribution >= 0.6 is 0 Å². The second kappa shape index (κ2) is 10.1. The molecule has 0 aromatic carbocycles. The number of nitrogens with zero attached hydrogens (tertiary/aromatic N) is 2. The maximum Gasteiger partial charge on any atom is 0.409 e. The number of rotatable bonds is 6. The van der Waals surface area contributed by atoms with Gasteiger partial charge in [-0.15, -0.1) is 0 Å². The smallest absolute Gasteiger partial charge is 0.409 e. The molecule has 1 aliphatic heterocycles. The van der Waals surface area contributed by atoms with Crippen LogP contribution in [-0.4, -0.2) is 72.8 Å². The van der Waals surface area contributed by atoms with Crippen LogP contribution in [0.2, 0.25) is 0 Å². The molecular formula is C17H31N3O5. The average molecular weight is 357 g/mol. The lowest BCUT2D eigenvalue weighted by molar-refractivity contribution is -0.132. The second-order valence-electron chi connectivity index (χ2n) is 7.01. The van der Waals surface area contributed by atoms with E-state index < -0.39 is 11.7 Å². The van der Waals surface area contributed by atoms with Crippen LogP contribution in [0.15, 0.2) is 0 Å². The zero-order valence-corrected chi connectivity index (χ0v) is 15.8. The highest BCUT2D eigenvalue weighted by Crippen LogP contribution is 2.07. The summed E-state index contributed by atoms with van der Waals surface area (Å²) in [6.07, 6.45) is 1.20. The summed E-state index contributed by atoms with van der Waals surface area (Å²) in [5.41, 5.74) is -0.559. The van der Waals surface area contributed by atoms with E-state index in [0.717, 1.165) is 12.8 Å². The molecule has 8 nitrogen and oxygen atoms in total. The van der Waals surface area contributed by atoms with Crippen LogP contribution in [0.5, 0.6) is 0 Å². The van der Waals surface area contributed by atoms with E-state index in [1.165, 1.54) is 0 Å². The molecule has 0 aromatic heterocycles. The maximum absolute atomic E-state index is 12.2. The molecule has 0 radical (unpaired) electrons. The number of carbonyl (C=O) groups is 3. The average Bonchev–Trinajstić information content (AvgIpc) is 2.53. The SMILES string of the molecule is CCCCOC(=O)N1CCN(C(=O)CCNC(=O)OC(C)(C)C)CC1. The molecule has 1 heterocycles. The third kappa shape index (κ3) is 8.60. The van der Waals surface area contributed by atoms with E-state index in [4.69, 9.17) is 9.47 Å². The van der Waals surface area contributed by atoms with Gasteiger partial charge < -0.3 is 24.6 Å². The first-order chi connectivity index (χ1) is 11.7. The van der Waals surface area contributed by atoms with Crippen LogP contribution in [0.3, 0.4) is 0 Å². The fourth-order valence-electron chi connectivity index (χ4n) is 2.28. The second-order valence-corrected chi connectivity index (χ2v) is 7.01. The van der Waals surface area contributed by atoms with Crippen molar-refractivity contribution in [1.29, 1.82) is 0 Å². The van der Waals surface area contributed by atoms with Gasteiger partial charge in [0.1, 0.15) is 5.60 Å². The van der Waals surface area contributed by atoms with Crippen molar-refractivity contribution in [3.63, 3.8) is 0 Å². The summed E-state index contributed by atoms with van der Waals surface area (Å²) in [5.74, 6) is -0.0462. The first kappa shape index (κ1) is 21.1. The Kier molecular flexibility index (Phi) is 8.51. The van der Waals surface area contributed by atoms with Gasteiger partial charge in [-0.1, -0.05) is 13.3 Å². The minimum atomic E-state index is -0.559. The lowest BCUT2D eigenvalue weighted by Crippen LogP contribution is -2.51. The Morgan fingerprint density at radius 1 is 1.04 bits per heavy atom. The Morgan fingerprint density at radius 3 is 2.20 bits per heavy atom. The number of alkyl carbamates (subject to hydrolysis) is 1. The first-order valence-corrected chi connectivity index (χ1v) is 8.89. The molecule has 0 bridgehead atoms. The van der Waals surface area contributed by atoms with Gasteiger partial charge in [0, 0.05) is 39.1 Å². The van der Waals surface area contributed by atoms with E-state index in [1.807, 2.05) is 6.92 Å². The largest absolute Gasteiger partial charge is 0.449 e. The van der Waals surface area contributed by atoms with Crippen molar-refractivity contribution in [3.8, 4) is 0 Å². The van der Waals surface area contributed by atoms with Crippen molar-refractivity contribution in [3.05, 3.63) is 0 Å². The van der Waals surface area contributed by atoms with E-state index in [1.54, 1.807) is 30.6 Å². The van der Waals surface area contributed by atoms with Crippen LogP contribution in [0.4, 0.5) is 9.59 Å². The van der Waals surface area contributed by atoms with Crippen molar-refractivity contribution in [1.82, 2.24) is 15.1 Å². The molecule has 0 saturated carbocycles. The van der Waals surface area contributed by atoms with Crippen LogP contribution < -0.4 is 5.32 Å². The molecule has 1 saturated heterocycles. The molecule has 8 heteroatoms. The molecule has 3 amide bonds. The third-order valence-corrected chi connectivity index (χ3v) is 3.62. The summed E-state index contributed by atoms with van der Waals surface area (Å²) in [7, 11) is 0. The Hall–Kier alpha value is -1.99. The predicted octanol–water partition coefficient (Wildman–Crippen LogP) is 1.98. The van der Waals surface area contributed by atoms with E-state index in [-0.39, 0.29) is 25.0 Å². The highest BCUT2D eigenvalue weighted by Gasteiger charge is 2.25. The summed E-state index contributed by atoms with van der Waals surface area (Å²) in [6.45, 7) is 9.95. The Morgan fingerprint density at radius 2 is 1.64 bits per heavy atom. The quantitative estimate of drug-likeness (QED) is 0.735. The Bertz CT molecular complexity index is 454. The number of nitrogens with one attached hydrogen (secondary N) is 1. The highest BCUT2D eigenvalue weighted by atomic mass is 16.6. The molecule has 0 aliphatic carbocycles. The molecule has 1 fully saturated rings. The molecular weight excluding hydrogens is 326 g/mol. The molecule has 25 heavy (non-hydrogen) atoms. The van der Waals surface area contributed by atoms with Crippen LogP contribution in [0, 0.1) is 0 Å². The van der Waals surface area contributed by atoms with E-state index in [0.29, 0.717) is 32.8 Å². The molecule has 1 N–H and O–H groups in total. The molecule has 0 atom stereocenters. The van der Waals surface area contributed by atoms with Gasteiger partial charge in [-0.2, -0.15) is 0 Å². The monoisotopic (exact) mass is 357 g/mol. The summed E-state index contributed by atoms with van der Waals surface area (Å²) in [6, 6.07) is 0. The van der Waals surface area contributed by atoms with Gasteiger partial charge in [0.15, 0.2) is 0 Å². The molecule has 1 aliphatic rings. The Labute approximate surface area is 149 Å². The van der Waals surface area contributed by atoms with E-state index >= 15 is 0 Å². The molecule has 0 unspecified atom stereocenters. The Balaban J connectivity index is 2.22. The summed E-state index contributed by atoms with van der Waals surface area (Å²) < 4.78 is 10.3. The molecule has 0 spiro atoms. The van der Waals surface area contributed by atoms with E-state index in [2.05, 4.69) is 5.32 Å². The fourth-order valence-corrected chi connectivity index (χ4v) is 2.28. The standard InChI is InChI=1S/C17H31N3O5/c1-5-6-13-24-16(23)20-11-9-19(10-12-20)14(21)7-8-18-15(22)25-17(2,3)4/h5-13H2,1-4H3,(H,18,22). The van der Waals surface area contributed by atoms with Crippen LogP contribution in [0.25, 0.3) is 0 Å². The zero-order valence-electron chi connectivity index (χ0n) is 15.8. The first-order valence-electron chi connectivity index (χ1n) is 8.89. The van der Waals surface area contributed by atoms with Crippen molar-refractivity contribution < 1.29 is 23.9 Å². The van der Waals surface area contributed by atoms with Gasteiger partial charge in [-0.05, 0) is 27.2 Å². The van der Waals surface area contributed by atoms with Crippen LogP contribution in [-0.2, 0) is 14.3 Å². The number of unbranched alkanes of at least 4 members (excludes halogenated alkanes) is 1. The minimum absolute atomic E-state index is 0.0462. The lowest BCUT2D eigenvalue weighted by atomic mass is 10.2. The van der Waals surface area contributed by atoms with Crippen molar-refractivity contribution in [2.75, 3.05) is 39.3 Å². The number of hydrogen-bond acceptors (Lipinski definition) is 5. The van der Waals surface area contributed by atoms with Gasteiger partial charge >= 0.3 is 12.2 Å². The number of hydrogen-bond donors (Lipinski definition) is 1. The van der Waals surface area contributed by atoms with Gasteiger partial charge in [-0.3, -0.25) is 4.79 Å². The van der Waals surface area contributed by atoms with Crippen molar-refractivity contribution in [2.45, 2.75) is 52.6 Å². The maximum atomic E-state index is 12.2. The number of amides is 3. The molecule has 1 rings (SSSR count). The summed E-state index contributed by atoms with van der Waals surface area (Å²) in [5, 5.41) is 2.57. The number of ether oxygens (including phenoxy) is 2. The fraction of sp³-hybridized carbons (Fsp3) is 0.824. The van der Waals surface area contributed by atoms with Gasteiger partial charge in [0.2, 0.25) is 5.91 Å². The zero-order chi connectivity index (χ0) is 18.9. The van der Waals surface area contributed by atoms with Crippen molar-refractivity contribution >= 4 is 18.1 Å². The van der Waals surface area contributed by atoms with Gasteiger partial charge in [-0.25, -0.2) is 9.59 Å². The number of piperazine rings is 1. The normalized spacial score (nSPS) is 14.9. The minimum Gasteiger partial charge on any atom is -0.449 e. The number of carbonyl (C=O) groups excluding carboxylic acids is 3. The summed E-state index contributed by atoms with van der Waals surface area (Å²) >= 11 is 0.